The van der Waals surface area contributed by atoms with E-state index in [0.29, 0.717) is 17.1 Å². The standard InChI is InChI=1S/C18H13ClN2O5/c1-26-13-8-6-12(7-9-13)21-16(22)14(19)15(17(21)23)20-11-4-2-10(3-5-11)18(24)25/h2-9,20H,1H3,(H,24,25). The van der Waals surface area contributed by atoms with Crippen LogP contribution in [0.2, 0.25) is 0 Å². The lowest BCUT2D eigenvalue weighted by atomic mass is 10.2. The number of hydrogen-bond donors (Lipinski definition) is 2. The predicted octanol–water partition coefficient (Wildman–Crippen LogP) is 2.83. The summed E-state index contributed by atoms with van der Waals surface area (Å²) in [5.41, 5.74) is 0.817. The maximum atomic E-state index is 12.6. The van der Waals surface area contributed by atoms with Crippen molar-refractivity contribution >= 4 is 40.8 Å². The Bertz CT molecular complexity index is 920. The molecule has 0 saturated carbocycles. The van der Waals surface area contributed by atoms with E-state index in [0.717, 1.165) is 4.90 Å². The summed E-state index contributed by atoms with van der Waals surface area (Å²) in [4.78, 5) is 36.9. The normalized spacial score (nSPS) is 14.0. The summed E-state index contributed by atoms with van der Waals surface area (Å²) < 4.78 is 5.05. The van der Waals surface area contributed by atoms with Gasteiger partial charge in [0.25, 0.3) is 11.8 Å². The average Bonchev–Trinajstić information content (AvgIpc) is 2.86. The fourth-order valence-electron chi connectivity index (χ4n) is 2.42. The number of imide groups is 1. The second-order valence-electron chi connectivity index (χ2n) is 5.34. The van der Waals surface area contributed by atoms with Crippen molar-refractivity contribution < 1.29 is 24.2 Å². The fraction of sp³-hybridized carbons (Fsp3) is 0.0556. The first-order valence-electron chi connectivity index (χ1n) is 7.45. The van der Waals surface area contributed by atoms with Crippen molar-refractivity contribution in [2.45, 2.75) is 0 Å². The number of halogens is 1. The summed E-state index contributed by atoms with van der Waals surface area (Å²) in [6, 6.07) is 12.1. The van der Waals surface area contributed by atoms with E-state index < -0.39 is 17.8 Å². The summed E-state index contributed by atoms with van der Waals surface area (Å²) in [5, 5.41) is 11.4. The molecule has 7 nitrogen and oxygen atoms in total. The zero-order valence-electron chi connectivity index (χ0n) is 13.5. The molecule has 2 N–H and O–H groups in total. The van der Waals surface area contributed by atoms with E-state index in [1.807, 2.05) is 0 Å². The number of rotatable bonds is 5. The van der Waals surface area contributed by atoms with Gasteiger partial charge >= 0.3 is 5.97 Å². The van der Waals surface area contributed by atoms with E-state index in [4.69, 9.17) is 21.4 Å². The number of nitrogens with one attached hydrogen (secondary N) is 1. The van der Waals surface area contributed by atoms with Gasteiger partial charge in [0, 0.05) is 5.69 Å². The minimum Gasteiger partial charge on any atom is -0.497 e. The van der Waals surface area contributed by atoms with Gasteiger partial charge in [0.2, 0.25) is 0 Å². The molecule has 1 aliphatic rings. The molecule has 8 heteroatoms. The summed E-state index contributed by atoms with van der Waals surface area (Å²) in [6.45, 7) is 0. The van der Waals surface area contributed by atoms with Gasteiger partial charge in [-0.2, -0.15) is 0 Å². The highest BCUT2D eigenvalue weighted by Gasteiger charge is 2.38. The number of hydrogen-bond acceptors (Lipinski definition) is 5. The summed E-state index contributed by atoms with van der Waals surface area (Å²) >= 11 is 6.04. The van der Waals surface area contributed by atoms with Crippen LogP contribution in [0.3, 0.4) is 0 Å². The number of ether oxygens (including phenoxy) is 1. The first kappa shape index (κ1) is 17.5. The summed E-state index contributed by atoms with van der Waals surface area (Å²) in [5.74, 6) is -1.73. The summed E-state index contributed by atoms with van der Waals surface area (Å²) in [6.07, 6.45) is 0. The molecule has 0 unspecified atom stereocenters. The third kappa shape index (κ3) is 3.12. The molecule has 0 saturated heterocycles. The zero-order valence-corrected chi connectivity index (χ0v) is 14.3. The fourth-order valence-corrected chi connectivity index (χ4v) is 2.63. The lowest BCUT2D eigenvalue weighted by Gasteiger charge is -2.15. The van der Waals surface area contributed by atoms with Gasteiger partial charge in [-0.05, 0) is 48.5 Å². The number of carbonyl (C=O) groups excluding carboxylic acids is 2. The lowest BCUT2D eigenvalue weighted by molar-refractivity contribution is -0.120. The number of nitrogens with zero attached hydrogens (tertiary/aromatic N) is 1. The third-order valence-electron chi connectivity index (χ3n) is 3.76. The van der Waals surface area contributed by atoms with Gasteiger partial charge in [0.1, 0.15) is 16.5 Å². The second-order valence-corrected chi connectivity index (χ2v) is 5.72. The molecule has 3 rings (SSSR count). The third-order valence-corrected chi connectivity index (χ3v) is 4.11. The Morgan fingerprint density at radius 3 is 2.19 bits per heavy atom. The molecule has 2 aromatic carbocycles. The smallest absolute Gasteiger partial charge is 0.335 e. The van der Waals surface area contributed by atoms with E-state index in [-0.39, 0.29) is 16.3 Å². The van der Waals surface area contributed by atoms with Crippen molar-refractivity contribution in [3.8, 4) is 5.75 Å². The van der Waals surface area contributed by atoms with Crippen LogP contribution in [0.25, 0.3) is 0 Å². The van der Waals surface area contributed by atoms with E-state index in [9.17, 15) is 14.4 Å². The van der Waals surface area contributed by atoms with Crippen molar-refractivity contribution in [3.05, 3.63) is 64.8 Å². The Labute approximate surface area is 153 Å². The molecule has 26 heavy (non-hydrogen) atoms. The monoisotopic (exact) mass is 372 g/mol. The van der Waals surface area contributed by atoms with Crippen LogP contribution >= 0.6 is 11.6 Å². The maximum Gasteiger partial charge on any atom is 0.335 e. The number of carboxylic acid groups (broad SMARTS) is 1. The molecule has 0 aliphatic carbocycles. The number of methoxy groups -OCH3 is 1. The molecular formula is C18H13ClN2O5. The lowest BCUT2D eigenvalue weighted by Crippen LogP contribution is -2.32. The Balaban J connectivity index is 1.85. The molecule has 132 valence electrons. The topological polar surface area (TPSA) is 95.9 Å². The Morgan fingerprint density at radius 1 is 1.04 bits per heavy atom. The first-order valence-corrected chi connectivity index (χ1v) is 7.83. The zero-order chi connectivity index (χ0) is 18.8. The van der Waals surface area contributed by atoms with Crippen molar-refractivity contribution in [3.63, 3.8) is 0 Å². The first-order chi connectivity index (χ1) is 12.4. The molecule has 1 heterocycles. The highest BCUT2D eigenvalue weighted by molar-refractivity contribution is 6.53. The van der Waals surface area contributed by atoms with Crippen molar-refractivity contribution in [2.24, 2.45) is 0 Å². The molecular weight excluding hydrogens is 360 g/mol. The number of aromatic carboxylic acids is 1. The molecule has 0 aromatic heterocycles. The van der Waals surface area contributed by atoms with Gasteiger partial charge in [-0.1, -0.05) is 11.6 Å². The number of carboxylic acids is 1. The molecule has 0 radical (unpaired) electrons. The van der Waals surface area contributed by atoms with Crippen molar-refractivity contribution in [1.29, 1.82) is 0 Å². The number of benzene rings is 2. The van der Waals surface area contributed by atoms with Crippen LogP contribution in [0, 0.1) is 0 Å². The highest BCUT2D eigenvalue weighted by Crippen LogP contribution is 2.31. The number of anilines is 2. The van der Waals surface area contributed by atoms with Crippen LogP contribution < -0.4 is 15.0 Å². The molecule has 0 fully saturated rings. The van der Waals surface area contributed by atoms with Crippen LogP contribution in [-0.4, -0.2) is 30.0 Å². The van der Waals surface area contributed by atoms with Gasteiger partial charge in [-0.25, -0.2) is 9.69 Å². The van der Waals surface area contributed by atoms with Gasteiger partial charge in [0.05, 0.1) is 18.4 Å². The molecule has 1 aliphatic heterocycles. The summed E-state index contributed by atoms with van der Waals surface area (Å²) in [7, 11) is 1.51. The molecule has 2 amide bonds. The van der Waals surface area contributed by atoms with Crippen molar-refractivity contribution in [2.75, 3.05) is 17.3 Å². The maximum absolute atomic E-state index is 12.6. The van der Waals surface area contributed by atoms with Gasteiger partial charge in [-0.3, -0.25) is 9.59 Å². The highest BCUT2D eigenvalue weighted by atomic mass is 35.5. The van der Waals surface area contributed by atoms with E-state index in [1.165, 1.54) is 31.4 Å². The van der Waals surface area contributed by atoms with Crippen molar-refractivity contribution in [1.82, 2.24) is 0 Å². The van der Waals surface area contributed by atoms with Crippen LogP contribution in [0.15, 0.2) is 59.3 Å². The average molecular weight is 373 g/mol. The largest absolute Gasteiger partial charge is 0.497 e. The number of carbonyl (C=O) groups is 3. The van der Waals surface area contributed by atoms with E-state index in [2.05, 4.69) is 5.32 Å². The SMILES string of the molecule is COc1ccc(N2C(=O)C(Cl)=C(Nc3ccc(C(=O)O)cc3)C2=O)cc1. The molecule has 0 bridgehead atoms. The van der Waals surface area contributed by atoms with Gasteiger partial charge in [-0.15, -0.1) is 0 Å². The predicted molar refractivity (Wildman–Crippen MR) is 95.4 cm³/mol. The minimum atomic E-state index is -1.06. The molecule has 2 aromatic rings. The quantitative estimate of drug-likeness (QED) is 0.783. The Hall–Kier alpha value is -3.32. The second kappa shape index (κ2) is 6.89. The van der Waals surface area contributed by atoms with Crippen LogP contribution in [-0.2, 0) is 9.59 Å². The minimum absolute atomic E-state index is 0.0736. The van der Waals surface area contributed by atoms with Crippen LogP contribution in [0.1, 0.15) is 10.4 Å². The van der Waals surface area contributed by atoms with Gasteiger partial charge < -0.3 is 15.2 Å². The molecule has 0 spiro atoms. The Morgan fingerprint density at radius 2 is 1.65 bits per heavy atom. The van der Waals surface area contributed by atoms with Crippen LogP contribution in [0.4, 0.5) is 11.4 Å². The molecule has 0 atom stereocenters. The Kier molecular flexibility index (Phi) is 4.64. The van der Waals surface area contributed by atoms with E-state index in [1.54, 1.807) is 24.3 Å². The number of amides is 2. The van der Waals surface area contributed by atoms with E-state index >= 15 is 0 Å². The van der Waals surface area contributed by atoms with Crippen LogP contribution in [0.5, 0.6) is 5.75 Å². The van der Waals surface area contributed by atoms with Gasteiger partial charge in [0.15, 0.2) is 0 Å².